The molecule has 128 valence electrons. The van der Waals surface area contributed by atoms with Gasteiger partial charge in [0.15, 0.2) is 5.78 Å². The molecule has 1 saturated heterocycles. The fourth-order valence-corrected chi connectivity index (χ4v) is 3.31. The number of piperidine rings is 1. The molecule has 23 heavy (non-hydrogen) atoms. The van der Waals surface area contributed by atoms with Crippen LogP contribution in [0.1, 0.15) is 49.7 Å². The van der Waals surface area contributed by atoms with Gasteiger partial charge in [0.1, 0.15) is 5.60 Å². The largest absolute Gasteiger partial charge is 0.444 e. The Morgan fingerprint density at radius 1 is 1.39 bits per heavy atom. The van der Waals surface area contributed by atoms with E-state index < -0.39 is 5.60 Å². The fraction of sp³-hybridized carbons (Fsp3) is 0.647. The van der Waals surface area contributed by atoms with E-state index in [-0.39, 0.29) is 17.9 Å². The number of carbonyl (C=O) groups excluding carboxylic acids is 2. The van der Waals surface area contributed by atoms with Gasteiger partial charge in [-0.2, -0.15) is 0 Å². The molecule has 5 nitrogen and oxygen atoms in total. The lowest BCUT2D eigenvalue weighted by Gasteiger charge is -2.36. The molecule has 1 atom stereocenters. The predicted molar refractivity (Wildman–Crippen MR) is 92.1 cm³/mol. The zero-order valence-electron chi connectivity index (χ0n) is 14.1. The molecular formula is C17H26N2O3S. The van der Waals surface area contributed by atoms with Crippen molar-refractivity contribution >= 4 is 23.2 Å². The van der Waals surface area contributed by atoms with E-state index in [9.17, 15) is 9.59 Å². The highest BCUT2D eigenvalue weighted by atomic mass is 32.1. The van der Waals surface area contributed by atoms with Crippen molar-refractivity contribution in [3.8, 4) is 0 Å². The van der Waals surface area contributed by atoms with Crippen LogP contribution in [0, 0.1) is 0 Å². The van der Waals surface area contributed by atoms with Crippen molar-refractivity contribution in [2.75, 3.05) is 19.6 Å². The van der Waals surface area contributed by atoms with Crippen molar-refractivity contribution in [1.82, 2.24) is 10.2 Å². The molecule has 0 bridgehead atoms. The molecule has 0 aromatic carbocycles. The average molecular weight is 338 g/mol. The van der Waals surface area contributed by atoms with Crippen molar-refractivity contribution in [1.29, 1.82) is 0 Å². The summed E-state index contributed by atoms with van der Waals surface area (Å²) >= 11 is 1.45. The SMILES string of the molecule is CC(C)(C)OC(=O)N1CCCC[C@H]1CNCC(=O)c1cccs1. The summed E-state index contributed by atoms with van der Waals surface area (Å²) in [6, 6.07) is 3.81. The molecule has 1 aromatic heterocycles. The van der Waals surface area contributed by atoms with Crippen LogP contribution in [-0.4, -0.2) is 48.1 Å². The van der Waals surface area contributed by atoms with Gasteiger partial charge in [-0.25, -0.2) is 4.79 Å². The quantitative estimate of drug-likeness (QED) is 0.837. The van der Waals surface area contributed by atoms with E-state index in [1.807, 2.05) is 38.3 Å². The number of ketones is 1. The molecular weight excluding hydrogens is 312 g/mol. The maximum Gasteiger partial charge on any atom is 0.410 e. The average Bonchev–Trinajstić information content (AvgIpc) is 3.00. The molecule has 0 aliphatic carbocycles. The lowest BCUT2D eigenvalue weighted by Crippen LogP contribution is -2.50. The first-order valence-electron chi connectivity index (χ1n) is 8.14. The number of Topliss-reactive ketones (excluding diaryl/α,β-unsaturated/α-hetero) is 1. The molecule has 0 spiro atoms. The van der Waals surface area contributed by atoms with E-state index in [0.717, 1.165) is 30.7 Å². The van der Waals surface area contributed by atoms with E-state index in [0.29, 0.717) is 13.1 Å². The van der Waals surface area contributed by atoms with Crippen LogP contribution in [0.15, 0.2) is 17.5 Å². The number of amides is 1. The van der Waals surface area contributed by atoms with Gasteiger partial charge in [-0.05, 0) is 51.5 Å². The summed E-state index contributed by atoms with van der Waals surface area (Å²) in [4.78, 5) is 26.9. The van der Waals surface area contributed by atoms with Crippen LogP contribution in [0.5, 0.6) is 0 Å². The summed E-state index contributed by atoms with van der Waals surface area (Å²) in [7, 11) is 0. The Bertz CT molecular complexity index is 522. The maximum atomic E-state index is 12.3. The highest BCUT2D eigenvalue weighted by Gasteiger charge is 2.30. The lowest BCUT2D eigenvalue weighted by molar-refractivity contribution is 0.0101. The maximum absolute atomic E-state index is 12.3. The molecule has 1 N–H and O–H groups in total. The van der Waals surface area contributed by atoms with E-state index in [1.54, 1.807) is 4.90 Å². The van der Waals surface area contributed by atoms with Gasteiger partial charge in [-0.3, -0.25) is 4.79 Å². The van der Waals surface area contributed by atoms with Crippen molar-refractivity contribution in [2.24, 2.45) is 0 Å². The highest BCUT2D eigenvalue weighted by Crippen LogP contribution is 2.20. The third-order valence-corrected chi connectivity index (χ3v) is 4.63. The number of nitrogens with zero attached hydrogens (tertiary/aromatic N) is 1. The van der Waals surface area contributed by atoms with Gasteiger partial charge in [-0.15, -0.1) is 11.3 Å². The molecule has 1 aromatic rings. The van der Waals surface area contributed by atoms with E-state index >= 15 is 0 Å². The topological polar surface area (TPSA) is 58.6 Å². The summed E-state index contributed by atoms with van der Waals surface area (Å²) < 4.78 is 5.49. The zero-order valence-corrected chi connectivity index (χ0v) is 14.9. The Morgan fingerprint density at radius 2 is 2.17 bits per heavy atom. The standard InChI is InChI=1S/C17H26N2O3S/c1-17(2,3)22-16(21)19-9-5-4-7-13(19)11-18-12-14(20)15-8-6-10-23-15/h6,8,10,13,18H,4-5,7,9,11-12H2,1-3H3/t13-/m0/s1. The third kappa shape index (κ3) is 5.62. The number of likely N-dealkylation sites (tertiary alicyclic amines) is 1. The van der Waals surface area contributed by atoms with Crippen molar-refractivity contribution in [3.05, 3.63) is 22.4 Å². The smallest absolute Gasteiger partial charge is 0.410 e. The van der Waals surface area contributed by atoms with Crippen LogP contribution >= 0.6 is 11.3 Å². The van der Waals surface area contributed by atoms with Crippen LogP contribution < -0.4 is 5.32 Å². The van der Waals surface area contributed by atoms with Gasteiger partial charge in [-0.1, -0.05) is 6.07 Å². The second kappa shape index (κ2) is 7.93. The van der Waals surface area contributed by atoms with Crippen LogP contribution in [-0.2, 0) is 4.74 Å². The van der Waals surface area contributed by atoms with Gasteiger partial charge >= 0.3 is 6.09 Å². The molecule has 1 aliphatic heterocycles. The van der Waals surface area contributed by atoms with Crippen molar-refractivity contribution in [3.63, 3.8) is 0 Å². The minimum absolute atomic E-state index is 0.0923. The number of ether oxygens (including phenoxy) is 1. The molecule has 6 heteroatoms. The fourth-order valence-electron chi connectivity index (χ4n) is 2.65. The van der Waals surface area contributed by atoms with Crippen LogP contribution in [0.2, 0.25) is 0 Å². The van der Waals surface area contributed by atoms with Gasteiger partial charge in [0.25, 0.3) is 0 Å². The number of nitrogens with one attached hydrogen (secondary N) is 1. The summed E-state index contributed by atoms with van der Waals surface area (Å²) in [6.07, 6.45) is 2.79. The minimum atomic E-state index is -0.484. The Labute approximate surface area is 142 Å². The number of hydrogen-bond donors (Lipinski definition) is 1. The predicted octanol–water partition coefficient (Wildman–Crippen LogP) is 3.31. The third-order valence-electron chi connectivity index (χ3n) is 3.72. The first kappa shape index (κ1) is 17.9. The normalized spacial score (nSPS) is 18.7. The summed E-state index contributed by atoms with van der Waals surface area (Å²) in [6.45, 7) is 7.28. The molecule has 0 unspecified atom stereocenters. The lowest BCUT2D eigenvalue weighted by atomic mass is 10.0. The summed E-state index contributed by atoms with van der Waals surface area (Å²) in [5.41, 5.74) is -0.484. The van der Waals surface area contributed by atoms with Gasteiger partial charge in [0.2, 0.25) is 0 Å². The zero-order chi connectivity index (χ0) is 16.9. The Hall–Kier alpha value is -1.40. The van der Waals surface area contributed by atoms with E-state index in [4.69, 9.17) is 4.74 Å². The molecule has 0 radical (unpaired) electrons. The van der Waals surface area contributed by atoms with Crippen LogP contribution in [0.4, 0.5) is 4.79 Å². The summed E-state index contributed by atoms with van der Waals surface area (Å²) in [5, 5.41) is 5.10. The Morgan fingerprint density at radius 3 is 2.83 bits per heavy atom. The second-order valence-corrected chi connectivity index (χ2v) is 7.80. The molecule has 2 rings (SSSR count). The number of hydrogen-bond acceptors (Lipinski definition) is 5. The van der Waals surface area contributed by atoms with E-state index in [1.165, 1.54) is 11.3 Å². The Kier molecular flexibility index (Phi) is 6.18. The Balaban J connectivity index is 1.84. The van der Waals surface area contributed by atoms with Crippen LogP contribution in [0.3, 0.4) is 0 Å². The van der Waals surface area contributed by atoms with Crippen LogP contribution in [0.25, 0.3) is 0 Å². The van der Waals surface area contributed by atoms with Gasteiger partial charge in [0, 0.05) is 19.1 Å². The molecule has 1 fully saturated rings. The first-order valence-corrected chi connectivity index (χ1v) is 9.02. The van der Waals surface area contributed by atoms with Crippen molar-refractivity contribution < 1.29 is 14.3 Å². The molecule has 0 saturated carbocycles. The molecule has 1 amide bonds. The van der Waals surface area contributed by atoms with E-state index in [2.05, 4.69) is 5.32 Å². The first-order chi connectivity index (χ1) is 10.9. The highest BCUT2D eigenvalue weighted by molar-refractivity contribution is 7.12. The van der Waals surface area contributed by atoms with Gasteiger partial charge in [0.05, 0.1) is 11.4 Å². The number of thiophene rings is 1. The molecule has 1 aliphatic rings. The second-order valence-electron chi connectivity index (χ2n) is 6.85. The molecule has 2 heterocycles. The number of carbonyl (C=O) groups is 2. The summed E-state index contributed by atoms with van der Waals surface area (Å²) in [5.74, 6) is 0.0969. The number of rotatable bonds is 5. The minimum Gasteiger partial charge on any atom is -0.444 e. The van der Waals surface area contributed by atoms with Gasteiger partial charge < -0.3 is 15.0 Å². The van der Waals surface area contributed by atoms with Crippen molar-refractivity contribution in [2.45, 2.75) is 51.7 Å². The monoisotopic (exact) mass is 338 g/mol.